The zero-order chi connectivity index (χ0) is 22.9. The lowest BCUT2D eigenvalue weighted by Crippen LogP contribution is -2.38. The topological polar surface area (TPSA) is 134 Å². The average Bonchev–Trinajstić information content (AvgIpc) is 3.14. The van der Waals surface area contributed by atoms with Gasteiger partial charge in [-0.1, -0.05) is 12.1 Å². The third kappa shape index (κ3) is 4.29. The number of hydrogen-bond donors (Lipinski definition) is 1. The van der Waals surface area contributed by atoms with Crippen molar-refractivity contribution in [3.8, 4) is 0 Å². The molecule has 1 atom stereocenters. The van der Waals surface area contributed by atoms with Crippen LogP contribution in [0.2, 0.25) is 0 Å². The predicted octanol–water partition coefficient (Wildman–Crippen LogP) is 0.207. The van der Waals surface area contributed by atoms with E-state index in [1.807, 2.05) is 0 Å². The second kappa shape index (κ2) is 8.38. The molecule has 1 aromatic carbocycles. The largest absolute Gasteiger partial charge is 0.451 e. The molecule has 0 aliphatic heterocycles. The van der Waals surface area contributed by atoms with Crippen LogP contribution in [-0.2, 0) is 35.0 Å². The molecular formula is C20H21N5O6. The Morgan fingerprint density at radius 3 is 2.55 bits per heavy atom. The number of rotatable bonds is 6. The van der Waals surface area contributed by atoms with Crippen molar-refractivity contribution in [2.24, 2.45) is 14.1 Å². The summed E-state index contributed by atoms with van der Waals surface area (Å²) in [6.07, 6.45) is 0.126. The normalized spacial score (nSPS) is 11.9. The summed E-state index contributed by atoms with van der Waals surface area (Å²) in [7, 11) is 2.79. The summed E-state index contributed by atoms with van der Waals surface area (Å²) in [6, 6.07) is 6.38. The molecule has 0 aliphatic carbocycles. The number of carbonyl (C=O) groups excluding carboxylic acids is 3. The van der Waals surface area contributed by atoms with Crippen LogP contribution in [0.5, 0.6) is 0 Å². The third-order valence-electron chi connectivity index (χ3n) is 4.73. The van der Waals surface area contributed by atoms with E-state index in [-0.39, 0.29) is 23.5 Å². The van der Waals surface area contributed by atoms with Crippen LogP contribution in [0.4, 0.5) is 5.69 Å². The maximum atomic E-state index is 12.4. The van der Waals surface area contributed by atoms with Crippen LogP contribution in [0.1, 0.15) is 24.2 Å². The van der Waals surface area contributed by atoms with Crippen LogP contribution < -0.4 is 16.6 Å². The van der Waals surface area contributed by atoms with Crippen molar-refractivity contribution in [3.63, 3.8) is 0 Å². The first-order chi connectivity index (χ1) is 14.6. The Morgan fingerprint density at radius 2 is 1.87 bits per heavy atom. The summed E-state index contributed by atoms with van der Waals surface area (Å²) < 4.78 is 8.54. The van der Waals surface area contributed by atoms with Crippen LogP contribution >= 0.6 is 0 Å². The highest BCUT2D eigenvalue weighted by Crippen LogP contribution is 2.12. The monoisotopic (exact) mass is 427 g/mol. The summed E-state index contributed by atoms with van der Waals surface area (Å²) in [5, 5.41) is 2.58. The standard InChI is InChI=1S/C20H21N5O6/c1-11(26)13-6-5-7-14(8-13)22-18(28)12(2)31-15(27)9-25-10-21-17-16(25)19(29)24(4)20(30)23(17)3/h5-8,10,12H,9H2,1-4H3,(H,22,28). The molecule has 31 heavy (non-hydrogen) atoms. The van der Waals surface area contributed by atoms with Gasteiger partial charge in [-0.25, -0.2) is 9.78 Å². The molecule has 11 heteroatoms. The predicted molar refractivity (Wildman–Crippen MR) is 111 cm³/mol. The average molecular weight is 427 g/mol. The lowest BCUT2D eigenvalue weighted by molar-refractivity contribution is -0.153. The van der Waals surface area contributed by atoms with Gasteiger partial charge in [-0.05, 0) is 26.0 Å². The van der Waals surface area contributed by atoms with Crippen molar-refractivity contribution >= 4 is 34.5 Å². The van der Waals surface area contributed by atoms with Gasteiger partial charge in [0, 0.05) is 25.3 Å². The highest BCUT2D eigenvalue weighted by molar-refractivity contribution is 5.98. The van der Waals surface area contributed by atoms with Gasteiger partial charge in [0.1, 0.15) is 6.54 Å². The molecule has 0 saturated heterocycles. The minimum absolute atomic E-state index is 0.0692. The summed E-state index contributed by atoms with van der Waals surface area (Å²) in [4.78, 5) is 64.6. The molecule has 3 aromatic rings. The van der Waals surface area contributed by atoms with E-state index in [9.17, 15) is 24.0 Å². The SMILES string of the molecule is CC(=O)c1cccc(NC(=O)C(C)OC(=O)Cn2cnc3c2c(=O)n(C)c(=O)n3C)c1. The number of Topliss-reactive ketones (excluding diaryl/α,β-unsaturated/α-hetero) is 1. The minimum Gasteiger partial charge on any atom is -0.451 e. The Balaban J connectivity index is 1.72. The van der Waals surface area contributed by atoms with Gasteiger partial charge in [0.05, 0.1) is 6.33 Å². The fourth-order valence-electron chi connectivity index (χ4n) is 3.00. The Labute approximate surface area is 175 Å². The number of ketones is 1. The number of amides is 1. The molecule has 1 amide bonds. The number of aromatic nitrogens is 4. The van der Waals surface area contributed by atoms with Gasteiger partial charge in [-0.15, -0.1) is 0 Å². The summed E-state index contributed by atoms with van der Waals surface area (Å²) in [5.74, 6) is -1.50. The van der Waals surface area contributed by atoms with E-state index < -0.39 is 29.2 Å². The molecule has 0 radical (unpaired) electrons. The summed E-state index contributed by atoms with van der Waals surface area (Å²) >= 11 is 0. The molecule has 2 heterocycles. The summed E-state index contributed by atoms with van der Waals surface area (Å²) in [5.41, 5.74) is -0.100. The molecule has 11 nitrogen and oxygen atoms in total. The van der Waals surface area contributed by atoms with Gasteiger partial charge in [-0.2, -0.15) is 0 Å². The first-order valence-corrected chi connectivity index (χ1v) is 9.32. The van der Waals surface area contributed by atoms with E-state index in [0.29, 0.717) is 11.3 Å². The van der Waals surface area contributed by atoms with Crippen LogP contribution in [0, 0.1) is 0 Å². The van der Waals surface area contributed by atoms with E-state index in [1.54, 1.807) is 18.2 Å². The highest BCUT2D eigenvalue weighted by atomic mass is 16.5. The van der Waals surface area contributed by atoms with Crippen LogP contribution in [0.15, 0.2) is 40.2 Å². The zero-order valence-electron chi connectivity index (χ0n) is 17.4. The minimum atomic E-state index is -1.13. The van der Waals surface area contributed by atoms with Crippen molar-refractivity contribution in [2.75, 3.05) is 5.32 Å². The number of nitrogens with zero attached hydrogens (tertiary/aromatic N) is 4. The van der Waals surface area contributed by atoms with E-state index in [1.165, 1.54) is 49.5 Å². The number of anilines is 1. The molecular weight excluding hydrogens is 406 g/mol. The van der Waals surface area contributed by atoms with Gasteiger partial charge in [-0.3, -0.25) is 28.3 Å². The molecule has 1 N–H and O–H groups in total. The van der Waals surface area contributed by atoms with E-state index in [2.05, 4.69) is 10.3 Å². The van der Waals surface area contributed by atoms with Crippen molar-refractivity contribution < 1.29 is 19.1 Å². The van der Waals surface area contributed by atoms with E-state index in [0.717, 1.165) is 4.57 Å². The van der Waals surface area contributed by atoms with Gasteiger partial charge in [0.15, 0.2) is 23.1 Å². The number of fused-ring (bicyclic) bond motifs is 1. The first kappa shape index (κ1) is 21.7. The van der Waals surface area contributed by atoms with Gasteiger partial charge < -0.3 is 14.6 Å². The molecule has 0 bridgehead atoms. The van der Waals surface area contributed by atoms with Crippen molar-refractivity contribution in [2.45, 2.75) is 26.5 Å². The second-order valence-electron chi connectivity index (χ2n) is 7.01. The molecule has 0 fully saturated rings. The van der Waals surface area contributed by atoms with Gasteiger partial charge in [0.2, 0.25) is 0 Å². The summed E-state index contributed by atoms with van der Waals surface area (Å²) in [6.45, 7) is 2.44. The Morgan fingerprint density at radius 1 is 1.16 bits per heavy atom. The fraction of sp³-hybridized carbons (Fsp3) is 0.300. The zero-order valence-corrected chi connectivity index (χ0v) is 17.4. The number of benzene rings is 1. The fourth-order valence-corrected chi connectivity index (χ4v) is 3.00. The van der Waals surface area contributed by atoms with E-state index in [4.69, 9.17) is 4.74 Å². The van der Waals surface area contributed by atoms with E-state index >= 15 is 0 Å². The molecule has 1 unspecified atom stereocenters. The molecule has 0 aliphatic rings. The highest BCUT2D eigenvalue weighted by Gasteiger charge is 2.21. The van der Waals surface area contributed by atoms with Crippen molar-refractivity contribution in [1.82, 2.24) is 18.7 Å². The lowest BCUT2D eigenvalue weighted by atomic mass is 10.1. The number of carbonyl (C=O) groups is 3. The van der Waals surface area contributed by atoms with Crippen LogP contribution in [-0.4, -0.2) is 42.4 Å². The molecule has 162 valence electrons. The number of ether oxygens (including phenoxy) is 1. The van der Waals surface area contributed by atoms with Crippen molar-refractivity contribution in [1.29, 1.82) is 0 Å². The maximum absolute atomic E-state index is 12.4. The quantitative estimate of drug-likeness (QED) is 0.439. The second-order valence-corrected chi connectivity index (χ2v) is 7.01. The third-order valence-corrected chi connectivity index (χ3v) is 4.73. The smallest absolute Gasteiger partial charge is 0.332 e. The van der Waals surface area contributed by atoms with Crippen LogP contribution in [0.25, 0.3) is 11.2 Å². The number of aryl methyl sites for hydroxylation is 1. The van der Waals surface area contributed by atoms with Crippen molar-refractivity contribution in [3.05, 3.63) is 57.0 Å². The number of imidazole rings is 1. The van der Waals surface area contributed by atoms with Crippen LogP contribution in [0.3, 0.4) is 0 Å². The van der Waals surface area contributed by atoms with Gasteiger partial charge >= 0.3 is 11.7 Å². The Hall–Kier alpha value is -4.02. The number of hydrogen-bond acceptors (Lipinski definition) is 7. The Bertz CT molecular complexity index is 1320. The molecule has 3 rings (SSSR count). The maximum Gasteiger partial charge on any atom is 0.332 e. The molecule has 0 saturated carbocycles. The number of nitrogens with one attached hydrogen (secondary N) is 1. The number of esters is 1. The lowest BCUT2D eigenvalue weighted by Gasteiger charge is -2.14. The Kier molecular flexibility index (Phi) is 5.86. The molecule has 0 spiro atoms. The van der Waals surface area contributed by atoms with Gasteiger partial charge in [0.25, 0.3) is 11.5 Å². The molecule has 2 aromatic heterocycles. The first-order valence-electron chi connectivity index (χ1n) is 9.32.